The van der Waals surface area contributed by atoms with Gasteiger partial charge in [-0.15, -0.1) is 0 Å². The van der Waals surface area contributed by atoms with E-state index in [-0.39, 0.29) is 22.5 Å². The second kappa shape index (κ2) is 8.85. The fraction of sp³-hybridized carbons (Fsp3) is 0.292. The number of pyridine rings is 1. The number of amides is 1. The summed E-state index contributed by atoms with van der Waals surface area (Å²) in [5, 5.41) is 2.97. The number of rotatable bonds is 6. The molecule has 33 heavy (non-hydrogen) atoms. The highest BCUT2D eigenvalue weighted by Gasteiger charge is 2.20. The van der Waals surface area contributed by atoms with Gasteiger partial charge in [-0.2, -0.15) is 0 Å². The molecule has 0 spiro atoms. The summed E-state index contributed by atoms with van der Waals surface area (Å²) in [6.45, 7) is 8.61. The molecule has 0 saturated heterocycles. The molecule has 0 atom stereocenters. The Bertz CT molecular complexity index is 1440. The number of carbonyl (C=O) groups is 1. The number of aromatic amines is 1. The quantitative estimate of drug-likeness (QED) is 0.472. The molecule has 0 radical (unpaired) electrons. The molecule has 0 bridgehead atoms. The van der Waals surface area contributed by atoms with Gasteiger partial charge in [-0.05, 0) is 43.5 Å². The first-order valence-corrected chi connectivity index (χ1v) is 10.8. The lowest BCUT2D eigenvalue weighted by Gasteiger charge is -2.14. The predicted molar refractivity (Wildman–Crippen MR) is 127 cm³/mol. The van der Waals surface area contributed by atoms with Gasteiger partial charge in [0.05, 0.1) is 10.9 Å². The maximum Gasteiger partial charge on any atom is 0.329 e. The lowest BCUT2D eigenvalue weighted by atomic mass is 10.0. The number of hydrogen-bond acceptors (Lipinski definition) is 5. The molecule has 1 amide bonds. The molecule has 1 aromatic carbocycles. The van der Waals surface area contributed by atoms with Crippen LogP contribution in [0, 0.1) is 6.92 Å². The summed E-state index contributed by atoms with van der Waals surface area (Å²) in [5.74, 6) is 0.495. The zero-order valence-corrected chi connectivity index (χ0v) is 19.0. The second-order valence-corrected chi connectivity index (χ2v) is 8.20. The van der Waals surface area contributed by atoms with Crippen LogP contribution in [0.3, 0.4) is 0 Å². The Balaban J connectivity index is 1.70. The average Bonchev–Trinajstić information content (AvgIpc) is 3.18. The number of nitrogens with one attached hydrogen (secondary N) is 2. The van der Waals surface area contributed by atoms with Gasteiger partial charge in [0.15, 0.2) is 5.65 Å². The average molecular weight is 447 g/mol. The molecule has 0 aliphatic carbocycles. The highest BCUT2D eigenvalue weighted by atomic mass is 16.2. The Kier molecular flexibility index (Phi) is 5.95. The summed E-state index contributed by atoms with van der Waals surface area (Å²) in [4.78, 5) is 49.2. The number of anilines is 1. The Morgan fingerprint density at radius 3 is 2.52 bits per heavy atom. The number of hydrogen-bond donors (Lipinski definition) is 2. The van der Waals surface area contributed by atoms with Gasteiger partial charge in [0.2, 0.25) is 0 Å². The van der Waals surface area contributed by atoms with Crippen LogP contribution in [0.15, 0.2) is 52.3 Å². The van der Waals surface area contributed by atoms with E-state index in [1.54, 1.807) is 19.2 Å². The van der Waals surface area contributed by atoms with E-state index < -0.39 is 17.2 Å². The number of carbonyl (C=O) groups excluding carboxylic acids is 1. The Labute approximate surface area is 190 Å². The number of aromatic nitrogens is 5. The molecule has 0 unspecified atom stereocenters. The Morgan fingerprint density at radius 1 is 1.18 bits per heavy atom. The third-order valence-electron chi connectivity index (χ3n) is 5.61. The molecular formula is C24H26N6O3. The van der Waals surface area contributed by atoms with E-state index in [2.05, 4.69) is 20.3 Å². The fourth-order valence-electron chi connectivity index (χ4n) is 3.72. The minimum Gasteiger partial charge on any atom is -0.331 e. The van der Waals surface area contributed by atoms with Crippen molar-refractivity contribution in [3.05, 3.63) is 86.2 Å². The molecule has 0 fully saturated rings. The standard InChI is InChI=1S/C24H26N6O3/c1-5-30-21-20(23(32)28-24(30)33)18(12-19(27-21)14(2)3)22(31)26-17-8-6-16(7-9-17)13-29-11-10-25-15(29)4/h6-12,14H,5,13H2,1-4H3,(H,26,31)(H,28,32,33). The van der Waals surface area contributed by atoms with Crippen molar-refractivity contribution in [1.29, 1.82) is 0 Å². The van der Waals surface area contributed by atoms with Crippen LogP contribution in [-0.4, -0.2) is 30.0 Å². The van der Waals surface area contributed by atoms with Crippen molar-refractivity contribution in [2.24, 2.45) is 0 Å². The number of benzene rings is 1. The Morgan fingerprint density at radius 2 is 1.91 bits per heavy atom. The maximum atomic E-state index is 13.2. The van der Waals surface area contributed by atoms with Gasteiger partial charge in [-0.1, -0.05) is 26.0 Å². The fourth-order valence-corrected chi connectivity index (χ4v) is 3.72. The van der Waals surface area contributed by atoms with E-state index in [9.17, 15) is 14.4 Å². The Hall–Kier alpha value is -4.01. The molecule has 0 aliphatic rings. The molecule has 0 aliphatic heterocycles. The summed E-state index contributed by atoms with van der Waals surface area (Å²) >= 11 is 0. The van der Waals surface area contributed by atoms with Crippen LogP contribution in [0.25, 0.3) is 11.0 Å². The normalized spacial score (nSPS) is 11.3. The van der Waals surface area contributed by atoms with Gasteiger partial charge >= 0.3 is 5.69 Å². The molecule has 9 heteroatoms. The first-order valence-electron chi connectivity index (χ1n) is 10.8. The predicted octanol–water partition coefficient (Wildman–Crippen LogP) is 3.03. The third-order valence-corrected chi connectivity index (χ3v) is 5.61. The number of H-pyrrole nitrogens is 1. The van der Waals surface area contributed by atoms with Crippen molar-refractivity contribution in [2.45, 2.75) is 46.7 Å². The molecule has 4 aromatic rings. The molecule has 170 valence electrons. The highest BCUT2D eigenvalue weighted by molar-refractivity contribution is 6.11. The largest absolute Gasteiger partial charge is 0.331 e. The lowest BCUT2D eigenvalue weighted by Crippen LogP contribution is -2.32. The highest BCUT2D eigenvalue weighted by Crippen LogP contribution is 2.21. The van der Waals surface area contributed by atoms with Gasteiger partial charge in [-0.25, -0.2) is 14.8 Å². The van der Waals surface area contributed by atoms with Crippen molar-refractivity contribution < 1.29 is 4.79 Å². The van der Waals surface area contributed by atoms with Crippen molar-refractivity contribution >= 4 is 22.6 Å². The van der Waals surface area contributed by atoms with E-state index in [0.717, 1.165) is 11.4 Å². The molecule has 9 nitrogen and oxygen atoms in total. The lowest BCUT2D eigenvalue weighted by molar-refractivity contribution is 0.102. The van der Waals surface area contributed by atoms with Crippen molar-refractivity contribution in [3.63, 3.8) is 0 Å². The van der Waals surface area contributed by atoms with Crippen LogP contribution in [0.4, 0.5) is 5.69 Å². The number of fused-ring (bicyclic) bond motifs is 1. The minimum absolute atomic E-state index is 0.00608. The van der Waals surface area contributed by atoms with Crippen molar-refractivity contribution in [3.8, 4) is 0 Å². The van der Waals surface area contributed by atoms with Crippen LogP contribution in [0.5, 0.6) is 0 Å². The van der Waals surface area contributed by atoms with E-state index in [1.807, 2.05) is 55.8 Å². The van der Waals surface area contributed by atoms with E-state index in [0.29, 0.717) is 24.5 Å². The van der Waals surface area contributed by atoms with Crippen LogP contribution < -0.4 is 16.6 Å². The molecular weight excluding hydrogens is 420 g/mol. The van der Waals surface area contributed by atoms with Crippen molar-refractivity contribution in [1.82, 2.24) is 24.1 Å². The summed E-state index contributed by atoms with van der Waals surface area (Å²) in [6, 6.07) is 9.12. The van der Waals surface area contributed by atoms with Gasteiger partial charge in [-0.3, -0.25) is 19.1 Å². The number of imidazole rings is 1. The number of nitrogens with zero attached hydrogens (tertiary/aromatic N) is 4. The zero-order valence-electron chi connectivity index (χ0n) is 19.0. The summed E-state index contributed by atoms with van der Waals surface area (Å²) in [7, 11) is 0. The zero-order chi connectivity index (χ0) is 23.7. The van der Waals surface area contributed by atoms with Crippen LogP contribution in [0.1, 0.15) is 54.1 Å². The first-order chi connectivity index (χ1) is 15.8. The van der Waals surface area contributed by atoms with Gasteiger partial charge < -0.3 is 9.88 Å². The van der Waals surface area contributed by atoms with E-state index >= 15 is 0 Å². The van der Waals surface area contributed by atoms with Crippen LogP contribution in [0.2, 0.25) is 0 Å². The smallest absolute Gasteiger partial charge is 0.329 e. The third kappa shape index (κ3) is 4.34. The van der Waals surface area contributed by atoms with Gasteiger partial charge in [0.25, 0.3) is 11.5 Å². The minimum atomic E-state index is -0.626. The SMILES string of the molecule is CCn1c(=O)[nH]c(=O)c2c(C(=O)Nc3ccc(Cn4ccnc4C)cc3)cc(C(C)C)nc21. The summed E-state index contributed by atoms with van der Waals surface area (Å²) < 4.78 is 3.40. The second-order valence-electron chi connectivity index (χ2n) is 8.20. The summed E-state index contributed by atoms with van der Waals surface area (Å²) in [6.07, 6.45) is 3.67. The van der Waals surface area contributed by atoms with Crippen molar-refractivity contribution in [2.75, 3.05) is 5.32 Å². The molecule has 0 saturated carbocycles. The maximum absolute atomic E-state index is 13.2. The van der Waals surface area contributed by atoms with Crippen LogP contribution in [-0.2, 0) is 13.1 Å². The molecule has 4 rings (SSSR count). The first kappa shape index (κ1) is 22.2. The van der Waals surface area contributed by atoms with Gasteiger partial charge in [0.1, 0.15) is 5.82 Å². The van der Waals surface area contributed by atoms with Crippen LogP contribution >= 0.6 is 0 Å². The number of aryl methyl sites for hydroxylation is 2. The van der Waals surface area contributed by atoms with Gasteiger partial charge in [0, 0.05) is 36.9 Å². The monoisotopic (exact) mass is 446 g/mol. The topological polar surface area (TPSA) is 115 Å². The molecule has 3 aromatic heterocycles. The molecule has 3 heterocycles. The molecule has 2 N–H and O–H groups in total. The van der Waals surface area contributed by atoms with E-state index in [4.69, 9.17) is 0 Å². The summed E-state index contributed by atoms with van der Waals surface area (Å²) in [5.41, 5.74) is 1.53. The van der Waals surface area contributed by atoms with E-state index in [1.165, 1.54) is 4.57 Å².